The molecule has 0 radical (unpaired) electrons. The molecular formula is C16H23N3O5. The molecule has 132 valence electrons. The van der Waals surface area contributed by atoms with E-state index in [9.17, 15) is 14.9 Å². The minimum atomic E-state index is -0.560. The van der Waals surface area contributed by atoms with Gasteiger partial charge in [0.15, 0.2) is 11.5 Å². The number of amides is 1. The molecule has 0 spiro atoms. The molecule has 1 aliphatic rings. The summed E-state index contributed by atoms with van der Waals surface area (Å²) < 4.78 is 10.6. The van der Waals surface area contributed by atoms with E-state index in [0.717, 1.165) is 12.8 Å². The van der Waals surface area contributed by atoms with Crippen molar-refractivity contribution in [2.24, 2.45) is 0 Å². The first-order valence-electron chi connectivity index (χ1n) is 7.97. The SMILES string of the molecule is CCOc1cc([N+](=O)[O-])c(C(=O)N2CCC(NC)CC2)cc1OC. The van der Waals surface area contributed by atoms with Gasteiger partial charge in [0.05, 0.1) is 24.7 Å². The number of hydrogen-bond donors (Lipinski definition) is 1. The molecule has 1 aliphatic heterocycles. The first-order chi connectivity index (χ1) is 11.5. The molecule has 1 N–H and O–H groups in total. The third kappa shape index (κ3) is 3.76. The summed E-state index contributed by atoms with van der Waals surface area (Å²) >= 11 is 0. The number of carbonyl (C=O) groups excluding carboxylic acids is 1. The molecule has 1 saturated heterocycles. The van der Waals surface area contributed by atoms with E-state index in [4.69, 9.17) is 9.47 Å². The molecule has 1 heterocycles. The molecule has 24 heavy (non-hydrogen) atoms. The smallest absolute Gasteiger partial charge is 0.286 e. The Morgan fingerprint density at radius 2 is 2.04 bits per heavy atom. The molecule has 0 unspecified atom stereocenters. The number of nitrogens with one attached hydrogen (secondary N) is 1. The predicted octanol–water partition coefficient (Wildman–Crippen LogP) is 1.83. The second kappa shape index (κ2) is 7.96. The standard InChI is InChI=1S/C16H23N3O5/c1-4-24-15-10-13(19(21)22)12(9-14(15)23-3)16(20)18-7-5-11(17-2)6-8-18/h9-11,17H,4-8H2,1-3H3. The molecule has 1 amide bonds. The van der Waals surface area contributed by atoms with Crippen LogP contribution in [0.2, 0.25) is 0 Å². The van der Waals surface area contributed by atoms with Gasteiger partial charge in [-0.25, -0.2) is 0 Å². The molecule has 8 nitrogen and oxygen atoms in total. The quantitative estimate of drug-likeness (QED) is 0.629. The van der Waals surface area contributed by atoms with Crippen LogP contribution in [0.25, 0.3) is 0 Å². The van der Waals surface area contributed by atoms with Crippen molar-refractivity contribution in [1.82, 2.24) is 10.2 Å². The van der Waals surface area contributed by atoms with Crippen LogP contribution < -0.4 is 14.8 Å². The fraction of sp³-hybridized carbons (Fsp3) is 0.562. The topological polar surface area (TPSA) is 93.9 Å². The van der Waals surface area contributed by atoms with Crippen molar-refractivity contribution in [1.29, 1.82) is 0 Å². The number of carbonyl (C=O) groups is 1. The number of hydrogen-bond acceptors (Lipinski definition) is 6. The lowest BCUT2D eigenvalue weighted by molar-refractivity contribution is -0.385. The summed E-state index contributed by atoms with van der Waals surface area (Å²) in [7, 11) is 3.33. The van der Waals surface area contributed by atoms with E-state index in [1.807, 2.05) is 7.05 Å². The van der Waals surface area contributed by atoms with Crippen molar-refractivity contribution < 1.29 is 19.2 Å². The number of nitro benzene ring substituents is 1. The number of rotatable bonds is 6. The number of piperidine rings is 1. The zero-order valence-corrected chi connectivity index (χ0v) is 14.2. The number of benzene rings is 1. The largest absolute Gasteiger partial charge is 0.493 e. The number of nitrogens with zero attached hydrogens (tertiary/aromatic N) is 2. The molecule has 0 atom stereocenters. The van der Waals surface area contributed by atoms with Gasteiger partial charge in [-0.05, 0) is 26.8 Å². The second-order valence-electron chi connectivity index (χ2n) is 5.57. The van der Waals surface area contributed by atoms with Gasteiger partial charge in [0.25, 0.3) is 11.6 Å². The summed E-state index contributed by atoms with van der Waals surface area (Å²) in [6.07, 6.45) is 1.65. The summed E-state index contributed by atoms with van der Waals surface area (Å²) in [5, 5.41) is 14.6. The van der Waals surface area contributed by atoms with E-state index < -0.39 is 4.92 Å². The number of likely N-dealkylation sites (tertiary alicyclic amines) is 1. The zero-order valence-electron chi connectivity index (χ0n) is 14.2. The first-order valence-corrected chi connectivity index (χ1v) is 7.97. The van der Waals surface area contributed by atoms with Gasteiger partial charge >= 0.3 is 0 Å². The Hall–Kier alpha value is -2.35. The monoisotopic (exact) mass is 337 g/mol. The Balaban J connectivity index is 2.33. The highest BCUT2D eigenvalue weighted by molar-refractivity contribution is 5.99. The second-order valence-corrected chi connectivity index (χ2v) is 5.57. The molecule has 0 aromatic heterocycles. The van der Waals surface area contributed by atoms with Crippen LogP contribution in [0, 0.1) is 10.1 Å². The van der Waals surface area contributed by atoms with Crippen molar-refractivity contribution in [3.8, 4) is 11.5 Å². The van der Waals surface area contributed by atoms with E-state index in [1.165, 1.54) is 19.2 Å². The third-order valence-electron chi connectivity index (χ3n) is 4.20. The molecule has 8 heteroatoms. The average Bonchev–Trinajstić information content (AvgIpc) is 2.61. The minimum Gasteiger partial charge on any atom is -0.493 e. The van der Waals surface area contributed by atoms with Crippen LogP contribution in [-0.2, 0) is 0 Å². The molecule has 0 saturated carbocycles. The maximum absolute atomic E-state index is 12.8. The Kier molecular flexibility index (Phi) is 5.97. The zero-order chi connectivity index (χ0) is 17.7. The lowest BCUT2D eigenvalue weighted by Gasteiger charge is -2.31. The van der Waals surface area contributed by atoms with Gasteiger partial charge in [0.1, 0.15) is 5.56 Å². The molecule has 2 rings (SSSR count). The van der Waals surface area contributed by atoms with Crippen LogP contribution >= 0.6 is 0 Å². The van der Waals surface area contributed by atoms with E-state index in [1.54, 1.807) is 11.8 Å². The Labute approximate surface area is 140 Å². The fourth-order valence-electron chi connectivity index (χ4n) is 2.84. The number of nitro groups is 1. The van der Waals surface area contributed by atoms with Gasteiger partial charge < -0.3 is 19.7 Å². The van der Waals surface area contributed by atoms with E-state index in [0.29, 0.717) is 31.5 Å². The van der Waals surface area contributed by atoms with Crippen molar-refractivity contribution in [3.05, 3.63) is 27.8 Å². The van der Waals surface area contributed by atoms with Gasteiger partial charge in [-0.15, -0.1) is 0 Å². The van der Waals surface area contributed by atoms with Crippen molar-refractivity contribution in [2.45, 2.75) is 25.8 Å². The maximum Gasteiger partial charge on any atom is 0.286 e. The van der Waals surface area contributed by atoms with Crippen LogP contribution in [0.4, 0.5) is 5.69 Å². The summed E-state index contributed by atoms with van der Waals surface area (Å²) in [6.45, 7) is 3.25. The highest BCUT2D eigenvalue weighted by Crippen LogP contribution is 2.35. The van der Waals surface area contributed by atoms with Gasteiger partial charge in [0.2, 0.25) is 0 Å². The van der Waals surface area contributed by atoms with Crippen molar-refractivity contribution in [3.63, 3.8) is 0 Å². The summed E-state index contributed by atoms with van der Waals surface area (Å²) in [4.78, 5) is 25.2. The molecule has 0 bridgehead atoms. The highest BCUT2D eigenvalue weighted by Gasteiger charge is 2.30. The maximum atomic E-state index is 12.8. The predicted molar refractivity (Wildman–Crippen MR) is 88.8 cm³/mol. The summed E-state index contributed by atoms with van der Waals surface area (Å²) in [5.41, 5.74) is -0.233. The molecule has 1 aromatic carbocycles. The van der Waals surface area contributed by atoms with Crippen LogP contribution in [0.1, 0.15) is 30.1 Å². The first kappa shape index (κ1) is 18.0. The van der Waals surface area contributed by atoms with E-state index in [-0.39, 0.29) is 22.9 Å². The van der Waals surface area contributed by atoms with Crippen LogP contribution in [0.15, 0.2) is 12.1 Å². The lowest BCUT2D eigenvalue weighted by atomic mass is 10.0. The van der Waals surface area contributed by atoms with E-state index >= 15 is 0 Å². The fourth-order valence-corrected chi connectivity index (χ4v) is 2.84. The van der Waals surface area contributed by atoms with Gasteiger partial charge in [-0.3, -0.25) is 14.9 Å². The van der Waals surface area contributed by atoms with Crippen molar-refractivity contribution >= 4 is 11.6 Å². The number of ether oxygens (including phenoxy) is 2. The molecule has 1 aromatic rings. The lowest BCUT2D eigenvalue weighted by Crippen LogP contribution is -2.44. The van der Waals surface area contributed by atoms with Gasteiger partial charge in [0, 0.05) is 25.2 Å². The third-order valence-corrected chi connectivity index (χ3v) is 4.20. The molecule has 1 fully saturated rings. The number of methoxy groups -OCH3 is 1. The van der Waals surface area contributed by atoms with Crippen molar-refractivity contribution in [2.75, 3.05) is 33.9 Å². The van der Waals surface area contributed by atoms with Crippen LogP contribution in [-0.4, -0.2) is 55.6 Å². The van der Waals surface area contributed by atoms with Crippen LogP contribution in [0.5, 0.6) is 11.5 Å². The summed E-state index contributed by atoms with van der Waals surface area (Å²) in [5.74, 6) is 0.227. The Morgan fingerprint density at radius 1 is 1.38 bits per heavy atom. The summed E-state index contributed by atoms with van der Waals surface area (Å²) in [6, 6.07) is 3.03. The normalized spacial score (nSPS) is 15.2. The Bertz CT molecular complexity index is 612. The highest BCUT2D eigenvalue weighted by atomic mass is 16.6. The minimum absolute atomic E-state index is 0.0308. The molecule has 0 aliphatic carbocycles. The average molecular weight is 337 g/mol. The molecular weight excluding hydrogens is 314 g/mol. The van der Waals surface area contributed by atoms with Gasteiger partial charge in [-0.2, -0.15) is 0 Å². The van der Waals surface area contributed by atoms with E-state index in [2.05, 4.69) is 5.32 Å². The van der Waals surface area contributed by atoms with Gasteiger partial charge in [-0.1, -0.05) is 0 Å². The Morgan fingerprint density at radius 3 is 2.54 bits per heavy atom. The van der Waals surface area contributed by atoms with Crippen LogP contribution in [0.3, 0.4) is 0 Å².